The minimum absolute atomic E-state index is 0.618. The quantitative estimate of drug-likeness (QED) is 0.549. The Morgan fingerprint density at radius 3 is 2.31 bits per heavy atom. The molecule has 1 aromatic carbocycles. The molecule has 0 saturated carbocycles. The first-order chi connectivity index (χ1) is 6.29. The molecule has 0 aliphatic rings. The van der Waals surface area contributed by atoms with Gasteiger partial charge in [0.2, 0.25) is 0 Å². The Bertz CT molecular complexity index is 224. The zero-order valence-electron chi connectivity index (χ0n) is 7.69. The van der Waals surface area contributed by atoms with Crippen LogP contribution in [0.15, 0.2) is 30.3 Å². The molecule has 0 saturated heterocycles. The summed E-state index contributed by atoms with van der Waals surface area (Å²) >= 11 is 0. The van der Waals surface area contributed by atoms with Gasteiger partial charge in [-0.15, -0.1) is 0 Å². The summed E-state index contributed by atoms with van der Waals surface area (Å²) in [6.45, 7) is 0. The third kappa shape index (κ3) is 4.82. The molecule has 0 aromatic heterocycles. The summed E-state index contributed by atoms with van der Waals surface area (Å²) in [5.74, 6) is 0. The molecule has 0 spiro atoms. The summed E-state index contributed by atoms with van der Waals surface area (Å²) in [7, 11) is -2.30. The topological polar surface area (TPSA) is 40.5 Å². The fourth-order valence-electron chi connectivity index (χ4n) is 1.30. The molecule has 0 atom stereocenters. The van der Waals surface area contributed by atoms with E-state index >= 15 is 0 Å². The van der Waals surface area contributed by atoms with Crippen molar-refractivity contribution in [1.29, 1.82) is 0 Å². The van der Waals surface area contributed by atoms with Crippen molar-refractivity contribution in [2.24, 2.45) is 0 Å². The Morgan fingerprint density at radius 2 is 1.69 bits per heavy atom. The van der Waals surface area contributed by atoms with E-state index in [0.717, 1.165) is 19.3 Å². The van der Waals surface area contributed by atoms with Crippen LogP contribution in [0.5, 0.6) is 0 Å². The van der Waals surface area contributed by atoms with E-state index in [4.69, 9.17) is 9.59 Å². The molecule has 2 nitrogen and oxygen atoms in total. The van der Waals surface area contributed by atoms with Gasteiger partial charge < -0.3 is 9.59 Å². The highest BCUT2D eigenvalue weighted by atomic mass is 28.3. The maximum absolute atomic E-state index is 8.74. The molecule has 72 valence electrons. The third-order valence-corrected chi connectivity index (χ3v) is 2.95. The summed E-state index contributed by atoms with van der Waals surface area (Å²) in [6, 6.07) is 10.9. The molecular weight excluding hydrogens is 180 g/mol. The van der Waals surface area contributed by atoms with Crippen LogP contribution in [0.1, 0.15) is 18.4 Å². The lowest BCUT2D eigenvalue weighted by Gasteiger charge is -2.01. The summed E-state index contributed by atoms with van der Waals surface area (Å²) in [6.07, 6.45) is 3.02. The molecule has 0 unspecified atom stereocenters. The number of hydrogen-bond acceptors (Lipinski definition) is 2. The van der Waals surface area contributed by atoms with Crippen molar-refractivity contribution >= 4 is 9.28 Å². The van der Waals surface area contributed by atoms with Crippen LogP contribution in [0.3, 0.4) is 0 Å². The van der Waals surface area contributed by atoms with Gasteiger partial charge in [-0.25, -0.2) is 0 Å². The number of aryl methyl sites for hydroxylation is 1. The van der Waals surface area contributed by atoms with Crippen LogP contribution in [0.2, 0.25) is 6.04 Å². The first kappa shape index (κ1) is 10.4. The highest BCUT2D eigenvalue weighted by Crippen LogP contribution is 2.06. The van der Waals surface area contributed by atoms with Gasteiger partial charge in [0.25, 0.3) is 0 Å². The Balaban J connectivity index is 2.13. The molecule has 2 N–H and O–H groups in total. The summed E-state index contributed by atoms with van der Waals surface area (Å²) in [5, 5.41) is 0. The normalized spacial score (nSPS) is 10.7. The zero-order chi connectivity index (χ0) is 9.52. The minimum Gasteiger partial charge on any atom is -0.413 e. The van der Waals surface area contributed by atoms with Crippen molar-refractivity contribution in [2.75, 3.05) is 0 Å². The lowest BCUT2D eigenvalue weighted by Crippen LogP contribution is -2.09. The van der Waals surface area contributed by atoms with Gasteiger partial charge in [0.1, 0.15) is 0 Å². The van der Waals surface area contributed by atoms with E-state index in [-0.39, 0.29) is 0 Å². The third-order valence-electron chi connectivity index (χ3n) is 2.02. The van der Waals surface area contributed by atoms with Gasteiger partial charge in [0.15, 0.2) is 0 Å². The highest BCUT2D eigenvalue weighted by molar-refractivity contribution is 6.40. The molecule has 1 aromatic rings. The Kier molecular flexibility index (Phi) is 4.75. The van der Waals surface area contributed by atoms with Crippen molar-refractivity contribution < 1.29 is 9.59 Å². The molecule has 0 aliphatic carbocycles. The van der Waals surface area contributed by atoms with E-state index in [1.165, 1.54) is 5.56 Å². The van der Waals surface area contributed by atoms with Crippen LogP contribution in [0, 0.1) is 0 Å². The van der Waals surface area contributed by atoms with E-state index in [1.807, 2.05) is 18.2 Å². The predicted octanol–water partition coefficient (Wildman–Crippen LogP) is 1.21. The molecule has 0 radical (unpaired) electrons. The molecule has 1 rings (SSSR count). The fraction of sp³-hybridized carbons (Fsp3) is 0.400. The molecule has 13 heavy (non-hydrogen) atoms. The summed E-state index contributed by atoms with van der Waals surface area (Å²) in [5.41, 5.74) is 1.33. The maximum atomic E-state index is 8.74. The van der Waals surface area contributed by atoms with Gasteiger partial charge in [-0.05, 0) is 24.4 Å². The monoisotopic (exact) mass is 196 g/mol. The van der Waals surface area contributed by atoms with Crippen LogP contribution in [0.25, 0.3) is 0 Å². The average molecular weight is 196 g/mol. The molecule has 0 fully saturated rings. The van der Waals surface area contributed by atoms with Crippen molar-refractivity contribution in [3.8, 4) is 0 Å². The number of hydrogen-bond donors (Lipinski definition) is 2. The van der Waals surface area contributed by atoms with E-state index in [0.29, 0.717) is 6.04 Å². The van der Waals surface area contributed by atoms with Crippen LogP contribution in [-0.2, 0) is 6.42 Å². The molecule has 0 bridgehead atoms. The molecule has 0 amide bonds. The van der Waals surface area contributed by atoms with Crippen molar-refractivity contribution in [3.63, 3.8) is 0 Å². The lowest BCUT2D eigenvalue weighted by atomic mass is 10.1. The Labute approximate surface area is 80.7 Å². The maximum Gasteiger partial charge on any atom is 0.315 e. The van der Waals surface area contributed by atoms with E-state index in [9.17, 15) is 0 Å². The van der Waals surface area contributed by atoms with Crippen LogP contribution in [-0.4, -0.2) is 18.9 Å². The number of unbranched alkanes of at least 4 members (excludes halogenated alkanes) is 1. The van der Waals surface area contributed by atoms with Gasteiger partial charge >= 0.3 is 9.28 Å². The first-order valence-corrected chi connectivity index (χ1v) is 6.54. The second-order valence-corrected chi connectivity index (χ2v) is 4.75. The van der Waals surface area contributed by atoms with Crippen LogP contribution in [0.4, 0.5) is 0 Å². The summed E-state index contributed by atoms with van der Waals surface area (Å²) in [4.78, 5) is 17.5. The lowest BCUT2D eigenvalue weighted by molar-refractivity contribution is 0.402. The van der Waals surface area contributed by atoms with Gasteiger partial charge in [0.05, 0.1) is 0 Å². The Hall–Kier alpha value is -0.643. The number of rotatable bonds is 5. The minimum atomic E-state index is -2.30. The van der Waals surface area contributed by atoms with Crippen molar-refractivity contribution in [1.82, 2.24) is 0 Å². The predicted molar refractivity (Wildman–Crippen MR) is 55.8 cm³/mol. The molecular formula is C10H16O2Si. The van der Waals surface area contributed by atoms with Crippen molar-refractivity contribution in [3.05, 3.63) is 35.9 Å². The second kappa shape index (κ2) is 5.91. The van der Waals surface area contributed by atoms with Gasteiger partial charge in [0, 0.05) is 0 Å². The van der Waals surface area contributed by atoms with Crippen molar-refractivity contribution in [2.45, 2.75) is 25.3 Å². The van der Waals surface area contributed by atoms with Crippen LogP contribution >= 0.6 is 0 Å². The molecule has 0 heterocycles. The largest absolute Gasteiger partial charge is 0.413 e. The smallest absolute Gasteiger partial charge is 0.315 e. The SMILES string of the molecule is O[SiH](O)CCCCc1ccccc1. The fourth-order valence-corrected chi connectivity index (χ4v) is 1.95. The van der Waals surface area contributed by atoms with Gasteiger partial charge in [-0.3, -0.25) is 0 Å². The second-order valence-electron chi connectivity index (χ2n) is 3.21. The van der Waals surface area contributed by atoms with Crippen LogP contribution < -0.4 is 0 Å². The van der Waals surface area contributed by atoms with E-state index in [2.05, 4.69) is 12.1 Å². The van der Waals surface area contributed by atoms with Gasteiger partial charge in [-0.1, -0.05) is 36.8 Å². The zero-order valence-corrected chi connectivity index (χ0v) is 8.84. The standard InChI is InChI=1S/C10H16O2Si/c11-13(12)9-5-4-8-10-6-2-1-3-7-10/h1-3,6-7,11-13H,4-5,8-9H2. The average Bonchev–Trinajstić information content (AvgIpc) is 2.14. The highest BCUT2D eigenvalue weighted by Gasteiger charge is 2.00. The van der Waals surface area contributed by atoms with E-state index in [1.54, 1.807) is 0 Å². The van der Waals surface area contributed by atoms with E-state index < -0.39 is 9.28 Å². The summed E-state index contributed by atoms with van der Waals surface area (Å²) < 4.78 is 0. The number of benzene rings is 1. The molecule has 3 heteroatoms. The first-order valence-electron chi connectivity index (χ1n) is 4.69. The Morgan fingerprint density at radius 1 is 1.00 bits per heavy atom. The van der Waals surface area contributed by atoms with Gasteiger partial charge in [-0.2, -0.15) is 0 Å². The molecule has 0 aliphatic heterocycles.